The van der Waals surface area contributed by atoms with Gasteiger partial charge in [-0.15, -0.1) is 0 Å². The lowest BCUT2D eigenvalue weighted by atomic mass is 9.93. The van der Waals surface area contributed by atoms with Crippen LogP contribution in [0.1, 0.15) is 31.4 Å². The minimum Gasteiger partial charge on any atom is -0.381 e. The Bertz CT molecular complexity index is 1620. The first-order valence-electron chi connectivity index (χ1n) is 13.1. The molecule has 1 aromatic heterocycles. The van der Waals surface area contributed by atoms with E-state index in [2.05, 4.69) is 33.1 Å². The molecule has 0 atom stereocenters. The molecule has 38 heavy (non-hydrogen) atoms. The van der Waals surface area contributed by atoms with E-state index < -0.39 is 0 Å². The molecule has 1 fully saturated rings. The average molecular weight is 524 g/mol. The van der Waals surface area contributed by atoms with Crippen molar-refractivity contribution in [1.82, 2.24) is 14.5 Å². The Labute approximate surface area is 227 Å². The molecule has 2 aromatic carbocycles. The van der Waals surface area contributed by atoms with E-state index in [1.165, 1.54) is 0 Å². The highest BCUT2D eigenvalue weighted by atomic mass is 35.5. The lowest BCUT2D eigenvalue weighted by molar-refractivity contribution is 0.0663. The Morgan fingerprint density at radius 1 is 0.947 bits per heavy atom. The summed E-state index contributed by atoms with van der Waals surface area (Å²) < 4.78 is 7.84. The quantitative estimate of drug-likeness (QED) is 0.250. The van der Waals surface area contributed by atoms with Gasteiger partial charge < -0.3 is 14.6 Å². The van der Waals surface area contributed by atoms with Crippen molar-refractivity contribution in [1.29, 1.82) is 0 Å². The minimum atomic E-state index is 0.242. The van der Waals surface area contributed by atoms with E-state index in [1.807, 2.05) is 67.7 Å². The summed E-state index contributed by atoms with van der Waals surface area (Å²) in [5.74, 6) is 0. The fraction of sp³-hybridized carbons (Fsp3) is 0.258. The van der Waals surface area contributed by atoms with Crippen molar-refractivity contribution >= 4 is 34.0 Å². The van der Waals surface area contributed by atoms with Crippen molar-refractivity contribution in [2.75, 3.05) is 12.4 Å². The first-order valence-corrected chi connectivity index (χ1v) is 13.4. The third-order valence-electron chi connectivity index (χ3n) is 7.36. The van der Waals surface area contributed by atoms with Crippen LogP contribution in [-0.4, -0.2) is 33.8 Å². The second-order valence-corrected chi connectivity index (χ2v) is 10.3. The number of rotatable bonds is 5. The van der Waals surface area contributed by atoms with Gasteiger partial charge in [-0.25, -0.2) is 4.98 Å². The van der Waals surface area contributed by atoms with Gasteiger partial charge in [0.2, 0.25) is 0 Å². The van der Waals surface area contributed by atoms with E-state index in [9.17, 15) is 0 Å². The highest BCUT2D eigenvalue weighted by Gasteiger charge is 2.21. The van der Waals surface area contributed by atoms with Crippen LogP contribution in [0.2, 0.25) is 5.02 Å². The standard InChI is InChI=1S/C31H30ClN5O/c1-20-25(7-5-17-33-20)35-27-18-29-31(19-28(27)34-22-11-15-24(38-2)16-12-22)37(23-13-9-21(32)10-14-23)30-8-4-3-6-26(30)36-29/h3-10,13-14,17-19,22,24,35H,11-12,15-16H2,1-2H3/b34-28+. The number of benzene rings is 3. The molecule has 7 heteroatoms. The molecular weight excluding hydrogens is 494 g/mol. The monoisotopic (exact) mass is 523 g/mol. The molecule has 0 spiro atoms. The van der Waals surface area contributed by atoms with Crippen LogP contribution in [0.4, 0.5) is 11.4 Å². The van der Waals surface area contributed by atoms with Gasteiger partial charge in [-0.1, -0.05) is 23.7 Å². The highest BCUT2D eigenvalue weighted by molar-refractivity contribution is 6.30. The van der Waals surface area contributed by atoms with Crippen LogP contribution in [0.25, 0.3) is 28.1 Å². The Morgan fingerprint density at radius 3 is 2.50 bits per heavy atom. The molecule has 0 saturated heterocycles. The fourth-order valence-corrected chi connectivity index (χ4v) is 5.41. The maximum absolute atomic E-state index is 6.24. The van der Waals surface area contributed by atoms with Gasteiger partial charge in [-0.05, 0) is 93.3 Å². The summed E-state index contributed by atoms with van der Waals surface area (Å²) in [7, 11) is 1.80. The predicted octanol–water partition coefficient (Wildman–Crippen LogP) is 7.09. The summed E-state index contributed by atoms with van der Waals surface area (Å²) in [5, 5.41) is 5.23. The zero-order chi connectivity index (χ0) is 26.1. The second-order valence-electron chi connectivity index (χ2n) is 9.83. The summed E-state index contributed by atoms with van der Waals surface area (Å²) in [6, 6.07) is 24.7. The average Bonchev–Trinajstić information content (AvgIpc) is 2.94. The van der Waals surface area contributed by atoms with Crippen LogP contribution in [0.5, 0.6) is 0 Å². The first kappa shape index (κ1) is 24.6. The molecular formula is C31H30ClN5O. The SMILES string of the molecule is COC1CCC(/N=c2\cc3n(-c4ccc(Cl)cc4)c4ccccc4nc-3cc2Nc2cccnc2C)CC1. The van der Waals surface area contributed by atoms with Gasteiger partial charge in [-0.2, -0.15) is 0 Å². The van der Waals surface area contributed by atoms with Crippen LogP contribution in [0, 0.1) is 6.92 Å². The lowest BCUT2D eigenvalue weighted by Crippen LogP contribution is -2.25. The zero-order valence-electron chi connectivity index (χ0n) is 21.6. The smallest absolute Gasteiger partial charge is 0.0900 e. The summed E-state index contributed by atoms with van der Waals surface area (Å²) in [4.78, 5) is 14.8. The molecule has 192 valence electrons. The summed E-state index contributed by atoms with van der Waals surface area (Å²) >= 11 is 6.24. The molecule has 6 nitrogen and oxygen atoms in total. The number of nitrogens with one attached hydrogen (secondary N) is 1. The van der Waals surface area contributed by atoms with Crippen molar-refractivity contribution in [3.63, 3.8) is 0 Å². The largest absolute Gasteiger partial charge is 0.381 e. The number of nitrogens with zero attached hydrogens (tertiary/aromatic N) is 4. The van der Waals surface area contributed by atoms with Gasteiger partial charge in [0.25, 0.3) is 0 Å². The zero-order valence-corrected chi connectivity index (χ0v) is 22.3. The van der Waals surface area contributed by atoms with Crippen LogP contribution < -0.4 is 10.7 Å². The van der Waals surface area contributed by atoms with E-state index in [-0.39, 0.29) is 6.04 Å². The van der Waals surface area contributed by atoms with Gasteiger partial charge in [0, 0.05) is 24.0 Å². The predicted molar refractivity (Wildman–Crippen MR) is 154 cm³/mol. The van der Waals surface area contributed by atoms with Gasteiger partial charge in [0.15, 0.2) is 0 Å². The topological polar surface area (TPSA) is 64.3 Å². The van der Waals surface area contributed by atoms with E-state index >= 15 is 0 Å². The van der Waals surface area contributed by atoms with Crippen LogP contribution >= 0.6 is 11.6 Å². The maximum atomic E-state index is 6.24. The molecule has 0 unspecified atom stereocenters. The number of pyridine rings is 1. The lowest BCUT2D eigenvalue weighted by Gasteiger charge is -2.25. The number of hydrogen-bond donors (Lipinski definition) is 1. The Hall–Kier alpha value is -3.74. The van der Waals surface area contributed by atoms with Crippen molar-refractivity contribution < 1.29 is 4.74 Å². The minimum absolute atomic E-state index is 0.242. The molecule has 0 amide bonds. The third kappa shape index (κ3) is 4.89. The van der Waals surface area contributed by atoms with Crippen LogP contribution in [-0.2, 0) is 4.74 Å². The Kier molecular flexibility index (Phi) is 6.83. The molecule has 0 radical (unpaired) electrons. The van der Waals surface area contributed by atoms with Crippen LogP contribution in [0.3, 0.4) is 0 Å². The number of halogens is 1. The molecule has 0 bridgehead atoms. The number of aromatic nitrogens is 3. The maximum Gasteiger partial charge on any atom is 0.0900 e. The van der Waals surface area contributed by atoms with E-state index in [0.717, 1.165) is 76.2 Å². The normalized spacial score (nSPS) is 18.2. The van der Waals surface area contributed by atoms with Crippen LogP contribution in [0.15, 0.2) is 84.0 Å². The van der Waals surface area contributed by atoms with Gasteiger partial charge in [0.1, 0.15) is 0 Å². The third-order valence-corrected chi connectivity index (χ3v) is 7.61. The number of para-hydroxylation sites is 2. The number of ether oxygens (including phenoxy) is 1. The van der Waals surface area contributed by atoms with Crippen molar-refractivity contribution in [2.45, 2.75) is 44.8 Å². The molecule has 1 aliphatic heterocycles. The van der Waals surface area contributed by atoms with Crippen molar-refractivity contribution in [2.24, 2.45) is 4.99 Å². The Balaban J connectivity index is 1.58. The van der Waals surface area contributed by atoms with E-state index in [4.69, 9.17) is 26.3 Å². The highest BCUT2D eigenvalue weighted by Crippen LogP contribution is 2.31. The molecule has 1 saturated carbocycles. The Morgan fingerprint density at radius 2 is 1.74 bits per heavy atom. The molecule has 6 rings (SSSR count). The summed E-state index contributed by atoms with van der Waals surface area (Å²) in [5.41, 5.74) is 7.65. The van der Waals surface area contributed by atoms with Gasteiger partial charge in [0.05, 0.1) is 57.0 Å². The molecule has 3 aromatic rings. The fourth-order valence-electron chi connectivity index (χ4n) is 5.29. The summed E-state index contributed by atoms with van der Waals surface area (Å²) in [6.45, 7) is 2.01. The van der Waals surface area contributed by atoms with Gasteiger partial charge in [-0.3, -0.25) is 9.98 Å². The first-order chi connectivity index (χ1) is 18.6. The number of anilines is 2. The van der Waals surface area contributed by atoms with Crippen molar-refractivity contribution in [3.8, 4) is 17.1 Å². The van der Waals surface area contributed by atoms with Crippen molar-refractivity contribution in [3.05, 3.63) is 95.1 Å². The van der Waals surface area contributed by atoms with E-state index in [1.54, 1.807) is 7.11 Å². The number of fused-ring (bicyclic) bond motifs is 2. The number of hydrogen-bond acceptors (Lipinski definition) is 5. The second kappa shape index (κ2) is 10.6. The molecule has 3 aliphatic rings. The summed E-state index contributed by atoms with van der Waals surface area (Å²) in [6.07, 6.45) is 6.21. The van der Waals surface area contributed by atoms with E-state index in [0.29, 0.717) is 11.1 Å². The molecule has 2 heterocycles. The molecule has 2 aliphatic carbocycles. The number of methoxy groups -OCH3 is 1. The number of aryl methyl sites for hydroxylation is 1. The van der Waals surface area contributed by atoms with Gasteiger partial charge >= 0.3 is 0 Å². The molecule has 1 N–H and O–H groups in total.